The number of para-hydroxylation sites is 2. The molecule has 2 N–H and O–H groups in total. The average Bonchev–Trinajstić information content (AvgIpc) is 1.40. The number of rotatable bonds is 3. The monoisotopic (exact) mass is 1300 g/mol. The first kappa shape index (κ1) is 76.3. The van der Waals surface area contributed by atoms with Gasteiger partial charge in [-0.3, -0.25) is 0 Å². The number of phenols is 1. The van der Waals surface area contributed by atoms with Crippen LogP contribution >= 0.6 is 0 Å². The highest BCUT2D eigenvalue weighted by Crippen LogP contribution is 2.59. The third kappa shape index (κ3) is 19.5. The minimum absolute atomic E-state index is 0.181. The van der Waals surface area contributed by atoms with Crippen molar-refractivity contribution in [3.63, 3.8) is 0 Å². The van der Waals surface area contributed by atoms with Gasteiger partial charge in [-0.15, -0.1) is 0 Å². The van der Waals surface area contributed by atoms with Crippen LogP contribution < -0.4 is 4.74 Å². The van der Waals surface area contributed by atoms with Crippen LogP contribution in [-0.4, -0.2) is 34.6 Å². The molecule has 11 atom stereocenters. The van der Waals surface area contributed by atoms with E-state index < -0.39 is 5.60 Å². The van der Waals surface area contributed by atoms with Gasteiger partial charge in [-0.05, 0) is 306 Å². The molecule has 13 aliphatic rings. The topological polar surface area (TPSA) is 62.2 Å². The Hall–Kier alpha value is -5.42. The molecule has 1 saturated heterocycles. The van der Waals surface area contributed by atoms with Gasteiger partial charge in [-0.1, -0.05) is 228 Å². The molecule has 0 aromatic heterocycles. The van der Waals surface area contributed by atoms with Crippen LogP contribution in [0.25, 0.3) is 22.3 Å². The van der Waals surface area contributed by atoms with Crippen molar-refractivity contribution in [3.05, 3.63) is 188 Å². The normalized spacial score (nSPS) is 27.9. The van der Waals surface area contributed by atoms with Gasteiger partial charge in [-0.25, -0.2) is 0 Å². The number of phenolic OH excluding ortho intramolecular Hbond substituents is 1. The van der Waals surface area contributed by atoms with Crippen molar-refractivity contribution >= 4 is 0 Å². The summed E-state index contributed by atoms with van der Waals surface area (Å²) < 4.78 is 10.7. The van der Waals surface area contributed by atoms with Gasteiger partial charge in [0.1, 0.15) is 0 Å². The maximum atomic E-state index is 10.2. The van der Waals surface area contributed by atoms with E-state index in [0.717, 1.165) is 53.8 Å². The first-order chi connectivity index (χ1) is 45.4. The minimum Gasteiger partial charge on any atom is -0.504 e. The molecular formula is C92H132O4. The van der Waals surface area contributed by atoms with E-state index in [9.17, 15) is 5.11 Å². The summed E-state index contributed by atoms with van der Waals surface area (Å²) in [6, 6.07) is 34.8. The summed E-state index contributed by atoms with van der Waals surface area (Å²) in [7, 11) is 1.52. The van der Waals surface area contributed by atoms with Gasteiger partial charge in [0.15, 0.2) is 11.5 Å². The van der Waals surface area contributed by atoms with Crippen LogP contribution in [0.15, 0.2) is 171 Å². The van der Waals surface area contributed by atoms with Crippen LogP contribution in [0.2, 0.25) is 0 Å². The fraction of sp³-hybridized carbons (Fsp3) is 0.587. The highest BCUT2D eigenvalue weighted by atomic mass is 16.6. The van der Waals surface area contributed by atoms with Crippen molar-refractivity contribution in [1.29, 1.82) is 0 Å². The molecule has 0 spiro atoms. The third-order valence-corrected chi connectivity index (χ3v) is 25.1. The van der Waals surface area contributed by atoms with Gasteiger partial charge in [-0.2, -0.15) is 0 Å². The average molecular weight is 1300 g/mol. The van der Waals surface area contributed by atoms with Crippen molar-refractivity contribution in [3.8, 4) is 33.8 Å². The molecule has 2 unspecified atom stereocenters. The summed E-state index contributed by atoms with van der Waals surface area (Å²) in [5.41, 5.74) is 28.6. The number of aliphatic hydroxyl groups is 1. The summed E-state index contributed by atoms with van der Waals surface area (Å²) in [5.74, 6) is 8.35. The van der Waals surface area contributed by atoms with Crippen LogP contribution in [0.5, 0.6) is 11.5 Å². The van der Waals surface area contributed by atoms with E-state index in [1.165, 1.54) is 174 Å². The number of hydrogen-bond donors (Lipinski definition) is 2. The Morgan fingerprint density at radius 3 is 1.54 bits per heavy atom. The lowest BCUT2D eigenvalue weighted by molar-refractivity contribution is -0.00212. The van der Waals surface area contributed by atoms with Gasteiger partial charge in [0.2, 0.25) is 0 Å². The van der Waals surface area contributed by atoms with Gasteiger partial charge in [0, 0.05) is 0 Å². The molecule has 0 bridgehead atoms. The fourth-order valence-electron chi connectivity index (χ4n) is 17.8. The van der Waals surface area contributed by atoms with E-state index >= 15 is 0 Å². The first-order valence-corrected chi connectivity index (χ1v) is 38.2. The zero-order valence-corrected chi connectivity index (χ0v) is 64.2. The quantitative estimate of drug-likeness (QED) is 0.140. The Kier molecular flexibility index (Phi) is 26.7. The highest BCUT2D eigenvalue weighted by molar-refractivity contribution is 5.74. The molecule has 1 aromatic rings. The Bertz CT molecular complexity index is 3390. The molecular weight excluding hydrogens is 1170 g/mol. The summed E-state index contributed by atoms with van der Waals surface area (Å²) in [6.45, 7) is 47.9. The highest BCUT2D eigenvalue weighted by Gasteiger charge is 2.56. The van der Waals surface area contributed by atoms with E-state index in [2.05, 4.69) is 197 Å². The predicted molar refractivity (Wildman–Crippen MR) is 412 cm³/mol. The van der Waals surface area contributed by atoms with Gasteiger partial charge >= 0.3 is 0 Å². The van der Waals surface area contributed by atoms with Crippen molar-refractivity contribution in [1.82, 2.24) is 0 Å². The maximum Gasteiger partial charge on any atom is 0.160 e. The summed E-state index contributed by atoms with van der Waals surface area (Å²) in [5, 5.41) is 19.2. The Balaban J connectivity index is 0.000000144. The smallest absolute Gasteiger partial charge is 0.160 e. The molecule has 2 saturated carbocycles. The first-order valence-electron chi connectivity index (χ1n) is 38.2. The number of aromatic hydroxyl groups is 1. The van der Waals surface area contributed by atoms with Crippen molar-refractivity contribution in [2.45, 2.75) is 283 Å². The molecule has 1 aliphatic heterocycles. The van der Waals surface area contributed by atoms with Gasteiger partial charge < -0.3 is 19.7 Å². The van der Waals surface area contributed by atoms with Crippen LogP contribution in [0.1, 0.15) is 269 Å². The van der Waals surface area contributed by atoms with E-state index in [4.69, 9.17) is 14.6 Å². The van der Waals surface area contributed by atoms with Crippen LogP contribution in [0, 0.1) is 72.5 Å². The van der Waals surface area contributed by atoms with E-state index in [1.807, 2.05) is 31.1 Å². The predicted octanol–water partition coefficient (Wildman–Crippen LogP) is 26.3. The number of hydrogen-bond acceptors (Lipinski definition) is 4. The molecule has 14 rings (SSSR count). The molecule has 1 aromatic carbocycles. The van der Waals surface area contributed by atoms with Crippen molar-refractivity contribution in [2.24, 2.45) is 58.7 Å². The fourth-order valence-corrected chi connectivity index (χ4v) is 17.8. The molecule has 4 heteroatoms. The van der Waals surface area contributed by atoms with E-state index in [-0.39, 0.29) is 11.4 Å². The lowest BCUT2D eigenvalue weighted by atomic mass is 9.52. The molecule has 0 radical (unpaired) electrons. The maximum absolute atomic E-state index is 10.2. The van der Waals surface area contributed by atoms with Crippen LogP contribution in [-0.2, 0) is 4.74 Å². The third-order valence-electron chi connectivity index (χ3n) is 25.1. The lowest BCUT2D eigenvalue weighted by Crippen LogP contribution is -2.44. The standard InChI is InChI=1S/C15H24O.C15H26O.2C15H24.C15H18.C10H8.C7H8O2/c1-10-5-6-13-15(4,16-13)8-7-12-11(10)9-14(12,2)3;1-10-5-7-12(15(3,4)16)9-14-11(2)6-8-13(10)14;3*1-10(2)13-7-5-11(3)14-8-6-12(4)15(14)9-13;1-2-5-9-7-4-8-10(9)6-3-1;1-9-7-5-3-2-4-6(7)8/h11-13H,1,5-9H2,2-4H3;10-12,16H,5-9H2,1-4H3;2*11-12H,5-9H2,1-4H3;5-10H,1-4H3;1-8H;2-5,8H,1H3/t11-,12-,13-,15-;10-,11-,12+;11-,12-;;;;/m100..../s1. The number of epoxide rings is 1. The second kappa shape index (κ2) is 33.6. The molecule has 1 heterocycles. The summed E-state index contributed by atoms with van der Waals surface area (Å²) in [4.78, 5) is 0. The zero-order chi connectivity index (χ0) is 70.0. The SMILES string of the molecule is C=C1CC[C@H]2O[C@]2(C)CC[C@@H]2[C@@H]1CC2(C)C.CC(C)=C1CCC(C)C2=C(C1)C(C)CC2.CC(C)=C1CC[C@H](C)C2=C(C1)[C@@H](C)CC2.COc1ccccc1O.C[C@H]1CC[C@@H](C(C)(C)O)CC2=C1CC[C@@H]2C.Cc1ccc(C(C)C)cc2c(C)ccc1-2.c1ccc2cccc-2cc1. The minimum atomic E-state index is -0.509. The lowest BCUT2D eigenvalue weighted by Gasteiger charge is -2.53. The van der Waals surface area contributed by atoms with Gasteiger partial charge in [0.05, 0.1) is 24.4 Å². The van der Waals surface area contributed by atoms with E-state index in [1.54, 1.807) is 68.9 Å². The molecule has 3 fully saturated rings. The molecule has 4 nitrogen and oxygen atoms in total. The largest absolute Gasteiger partial charge is 0.504 e. The summed E-state index contributed by atoms with van der Waals surface area (Å²) in [6.07, 6.45) is 26.7. The zero-order valence-electron chi connectivity index (χ0n) is 64.2. The Morgan fingerprint density at radius 2 is 1.03 bits per heavy atom. The molecule has 0 amide bonds. The van der Waals surface area contributed by atoms with Gasteiger partial charge in [0.25, 0.3) is 0 Å². The number of methoxy groups -OCH3 is 1. The molecule has 12 aliphatic carbocycles. The Labute approximate surface area is 586 Å². The Morgan fingerprint density at radius 1 is 0.552 bits per heavy atom. The van der Waals surface area contributed by atoms with Crippen molar-refractivity contribution in [2.75, 3.05) is 7.11 Å². The number of benzene rings is 1. The van der Waals surface area contributed by atoms with Crippen LogP contribution in [0.4, 0.5) is 0 Å². The second-order valence-electron chi connectivity index (χ2n) is 33.7. The van der Waals surface area contributed by atoms with Crippen molar-refractivity contribution < 1.29 is 19.7 Å². The summed E-state index contributed by atoms with van der Waals surface area (Å²) >= 11 is 0. The number of ether oxygens (including phenoxy) is 2. The molecule has 524 valence electrons. The number of aryl methyl sites for hydroxylation is 2. The molecule has 96 heavy (non-hydrogen) atoms. The number of allylic oxidation sites excluding steroid dienone is 11. The van der Waals surface area contributed by atoms with Crippen LogP contribution in [0.3, 0.4) is 0 Å². The second-order valence-corrected chi connectivity index (χ2v) is 33.7. The van der Waals surface area contributed by atoms with E-state index in [0.29, 0.717) is 29.1 Å². The number of fused-ring (bicyclic) bond motifs is 4.